The van der Waals surface area contributed by atoms with Crippen molar-refractivity contribution in [1.29, 1.82) is 5.26 Å². The minimum Gasteiger partial charge on any atom is -0.351 e. The number of carbonyl (C=O) groups is 1. The number of nitrogens with zero attached hydrogens (tertiary/aromatic N) is 6. The molecule has 9 nitrogen and oxygen atoms in total. The molecule has 0 radical (unpaired) electrons. The van der Waals surface area contributed by atoms with Crippen LogP contribution in [-0.4, -0.2) is 43.2 Å². The Balaban J connectivity index is 1.37. The molecule has 148 valence electrons. The number of aromatic nitrogens is 5. The van der Waals surface area contributed by atoms with E-state index in [1.54, 1.807) is 6.33 Å². The molecule has 2 aliphatic rings. The van der Waals surface area contributed by atoms with Crippen LogP contribution in [0.2, 0.25) is 0 Å². The van der Waals surface area contributed by atoms with Crippen molar-refractivity contribution in [2.75, 3.05) is 11.4 Å². The summed E-state index contributed by atoms with van der Waals surface area (Å²) in [5.41, 5.74) is 3.37. The summed E-state index contributed by atoms with van der Waals surface area (Å²) in [4.78, 5) is 27.0. The predicted molar refractivity (Wildman–Crippen MR) is 106 cm³/mol. The summed E-state index contributed by atoms with van der Waals surface area (Å²) in [6, 6.07) is 4.32. The zero-order valence-corrected chi connectivity index (χ0v) is 16.2. The molecule has 0 spiro atoms. The molecular weight excluding hydrogens is 368 g/mol. The van der Waals surface area contributed by atoms with Crippen molar-refractivity contribution in [3.63, 3.8) is 0 Å². The Hall–Kier alpha value is -3.41. The van der Waals surface area contributed by atoms with E-state index in [0.717, 1.165) is 53.9 Å². The summed E-state index contributed by atoms with van der Waals surface area (Å²) in [5, 5.41) is 17.4. The lowest BCUT2D eigenvalue weighted by atomic mass is 9.78. The van der Waals surface area contributed by atoms with Gasteiger partial charge in [-0.05, 0) is 24.8 Å². The molecule has 0 saturated heterocycles. The van der Waals surface area contributed by atoms with Crippen LogP contribution in [0.4, 0.5) is 5.82 Å². The standard InChI is InChI=1S/C20H22N8O/c1-27-16-4-7-28(19-14-3-6-22-18(14)23-11-24-19)10-15(16)17(26-27)20(29)25-13-8-12(9-13)2-5-21/h3,6,11-13H,2,4,7-10H2,1H3,(H,25,29)(H,22,23,24)/t12-,13-. The van der Waals surface area contributed by atoms with Crippen LogP contribution in [0, 0.1) is 17.2 Å². The number of aryl methyl sites for hydroxylation is 1. The fourth-order valence-corrected chi connectivity index (χ4v) is 4.47. The first-order valence-corrected chi connectivity index (χ1v) is 9.89. The maximum absolute atomic E-state index is 12.9. The molecule has 0 aromatic carbocycles. The van der Waals surface area contributed by atoms with Gasteiger partial charge in [0.05, 0.1) is 11.5 Å². The van der Waals surface area contributed by atoms with E-state index in [4.69, 9.17) is 5.26 Å². The lowest BCUT2D eigenvalue weighted by Gasteiger charge is -2.34. The third-order valence-electron chi connectivity index (χ3n) is 6.04. The minimum atomic E-state index is -0.126. The van der Waals surface area contributed by atoms with Crippen molar-refractivity contribution in [2.24, 2.45) is 13.0 Å². The number of aromatic amines is 1. The van der Waals surface area contributed by atoms with Gasteiger partial charge in [0.15, 0.2) is 5.69 Å². The third-order valence-corrected chi connectivity index (χ3v) is 6.04. The topological polar surface area (TPSA) is 116 Å². The van der Waals surface area contributed by atoms with Gasteiger partial charge in [-0.3, -0.25) is 9.48 Å². The quantitative estimate of drug-likeness (QED) is 0.700. The number of amides is 1. The summed E-state index contributed by atoms with van der Waals surface area (Å²) < 4.78 is 1.83. The number of H-pyrrole nitrogens is 1. The zero-order chi connectivity index (χ0) is 20.0. The highest BCUT2D eigenvalue weighted by Gasteiger charge is 2.33. The number of rotatable bonds is 4. The number of carbonyl (C=O) groups excluding carboxylic acids is 1. The Morgan fingerprint density at radius 3 is 3.10 bits per heavy atom. The molecule has 1 saturated carbocycles. The molecule has 1 aliphatic carbocycles. The Bertz CT molecular complexity index is 1120. The molecule has 0 atom stereocenters. The summed E-state index contributed by atoms with van der Waals surface area (Å²) in [7, 11) is 1.90. The minimum absolute atomic E-state index is 0.126. The lowest BCUT2D eigenvalue weighted by molar-refractivity contribution is 0.0884. The van der Waals surface area contributed by atoms with Gasteiger partial charge < -0.3 is 15.2 Å². The average Bonchev–Trinajstić information content (AvgIpc) is 3.30. The summed E-state index contributed by atoms with van der Waals surface area (Å²) >= 11 is 0. The molecule has 2 N–H and O–H groups in total. The number of anilines is 1. The van der Waals surface area contributed by atoms with Crippen molar-refractivity contribution in [3.8, 4) is 6.07 Å². The van der Waals surface area contributed by atoms with Gasteiger partial charge in [0.1, 0.15) is 17.8 Å². The summed E-state index contributed by atoms with van der Waals surface area (Å²) in [6.45, 7) is 1.40. The molecule has 1 fully saturated rings. The second kappa shape index (κ2) is 6.88. The maximum Gasteiger partial charge on any atom is 0.272 e. The largest absolute Gasteiger partial charge is 0.351 e. The Kier molecular flexibility index (Phi) is 4.19. The van der Waals surface area contributed by atoms with Gasteiger partial charge in [0.2, 0.25) is 0 Å². The normalized spacial score (nSPS) is 20.8. The van der Waals surface area contributed by atoms with E-state index in [0.29, 0.717) is 24.6 Å². The van der Waals surface area contributed by atoms with E-state index < -0.39 is 0 Å². The Morgan fingerprint density at radius 1 is 1.41 bits per heavy atom. The van der Waals surface area contributed by atoms with Crippen molar-refractivity contribution in [1.82, 2.24) is 30.0 Å². The second-order valence-electron chi connectivity index (χ2n) is 7.88. The van der Waals surface area contributed by atoms with Gasteiger partial charge in [-0.15, -0.1) is 0 Å². The lowest BCUT2D eigenvalue weighted by Crippen LogP contribution is -2.44. The third kappa shape index (κ3) is 3.01. The van der Waals surface area contributed by atoms with Crippen molar-refractivity contribution in [3.05, 3.63) is 35.5 Å². The summed E-state index contributed by atoms with van der Waals surface area (Å²) in [6.07, 6.45) is 6.52. The number of fused-ring (bicyclic) bond motifs is 2. The fourth-order valence-electron chi connectivity index (χ4n) is 4.47. The first-order valence-electron chi connectivity index (χ1n) is 9.89. The highest BCUT2D eigenvalue weighted by atomic mass is 16.2. The van der Waals surface area contributed by atoms with Crippen LogP contribution in [0.25, 0.3) is 11.0 Å². The van der Waals surface area contributed by atoms with Gasteiger partial charge >= 0.3 is 0 Å². The van der Waals surface area contributed by atoms with Gasteiger partial charge in [-0.1, -0.05) is 0 Å². The highest BCUT2D eigenvalue weighted by molar-refractivity contribution is 5.94. The first-order chi connectivity index (χ1) is 14.1. The molecule has 1 amide bonds. The van der Waals surface area contributed by atoms with Gasteiger partial charge in [0, 0.05) is 56.5 Å². The first kappa shape index (κ1) is 17.7. The average molecular weight is 390 g/mol. The molecule has 0 unspecified atom stereocenters. The zero-order valence-electron chi connectivity index (χ0n) is 16.2. The fraction of sp³-hybridized carbons (Fsp3) is 0.450. The molecule has 3 aromatic heterocycles. The van der Waals surface area contributed by atoms with Gasteiger partial charge in [-0.2, -0.15) is 10.4 Å². The molecule has 5 rings (SSSR count). The van der Waals surface area contributed by atoms with E-state index in [2.05, 4.69) is 36.3 Å². The number of nitrogens with one attached hydrogen (secondary N) is 2. The van der Waals surface area contributed by atoms with Crippen LogP contribution < -0.4 is 10.2 Å². The van der Waals surface area contributed by atoms with Crippen LogP contribution in [0.5, 0.6) is 0 Å². The Morgan fingerprint density at radius 2 is 2.28 bits per heavy atom. The molecule has 0 bridgehead atoms. The van der Waals surface area contributed by atoms with Gasteiger partial charge in [0.25, 0.3) is 5.91 Å². The van der Waals surface area contributed by atoms with E-state index in [1.807, 2.05) is 24.0 Å². The molecule has 9 heteroatoms. The SMILES string of the molecule is Cn1nc(C(=O)N[C@H]2C[C@H](CC#N)C2)c2c1CCN(c1ncnc3[nH]ccc13)C2. The van der Waals surface area contributed by atoms with Crippen molar-refractivity contribution in [2.45, 2.75) is 38.3 Å². The predicted octanol–water partition coefficient (Wildman–Crippen LogP) is 1.68. The highest BCUT2D eigenvalue weighted by Crippen LogP contribution is 2.32. The van der Waals surface area contributed by atoms with Gasteiger partial charge in [-0.25, -0.2) is 9.97 Å². The monoisotopic (exact) mass is 390 g/mol. The second-order valence-corrected chi connectivity index (χ2v) is 7.88. The summed E-state index contributed by atoms with van der Waals surface area (Å²) in [5.74, 6) is 1.15. The Labute approximate surface area is 167 Å². The van der Waals surface area contributed by atoms with Crippen molar-refractivity contribution >= 4 is 22.8 Å². The molecule has 1 aliphatic heterocycles. The van der Waals surface area contributed by atoms with E-state index in [-0.39, 0.29) is 11.9 Å². The number of hydrogen-bond donors (Lipinski definition) is 2. The van der Waals surface area contributed by atoms with E-state index in [9.17, 15) is 4.79 Å². The van der Waals surface area contributed by atoms with Crippen LogP contribution in [0.1, 0.15) is 41.0 Å². The number of nitriles is 1. The van der Waals surface area contributed by atoms with Crippen LogP contribution in [0.15, 0.2) is 18.6 Å². The van der Waals surface area contributed by atoms with Crippen molar-refractivity contribution < 1.29 is 4.79 Å². The molecular formula is C20H22N8O. The van der Waals surface area contributed by atoms with E-state index >= 15 is 0 Å². The number of hydrogen-bond acceptors (Lipinski definition) is 6. The smallest absolute Gasteiger partial charge is 0.272 e. The van der Waals surface area contributed by atoms with E-state index in [1.165, 1.54) is 0 Å². The van der Waals surface area contributed by atoms with Crippen LogP contribution >= 0.6 is 0 Å². The maximum atomic E-state index is 12.9. The van der Waals surface area contributed by atoms with Crippen LogP contribution in [-0.2, 0) is 20.0 Å². The van der Waals surface area contributed by atoms with Crippen LogP contribution in [0.3, 0.4) is 0 Å². The molecule has 29 heavy (non-hydrogen) atoms. The molecule has 4 heterocycles. The molecule has 3 aromatic rings.